The van der Waals surface area contributed by atoms with Gasteiger partial charge in [0.25, 0.3) is 11.6 Å². The van der Waals surface area contributed by atoms with Crippen molar-refractivity contribution in [3.8, 4) is 0 Å². The average molecular weight is 574 g/mol. The van der Waals surface area contributed by atoms with E-state index in [1.54, 1.807) is 31.2 Å². The van der Waals surface area contributed by atoms with Gasteiger partial charge in [-0.05, 0) is 42.8 Å². The zero-order valence-corrected chi connectivity index (χ0v) is 23.7. The van der Waals surface area contributed by atoms with Crippen molar-refractivity contribution in [1.82, 2.24) is 4.90 Å². The molecule has 0 unspecified atom stereocenters. The molecule has 11 heteroatoms. The van der Waals surface area contributed by atoms with E-state index < -0.39 is 16.8 Å². The number of nitrogens with zero attached hydrogens (tertiary/aromatic N) is 4. The Balaban J connectivity index is 1.36. The number of ether oxygens (including phenoxy) is 2. The number of benzene rings is 3. The van der Waals surface area contributed by atoms with Gasteiger partial charge in [-0.3, -0.25) is 19.8 Å². The molecule has 2 saturated heterocycles. The summed E-state index contributed by atoms with van der Waals surface area (Å²) in [6.07, 6.45) is 0. The number of hydrogen-bond acceptors (Lipinski definition) is 9. The summed E-state index contributed by atoms with van der Waals surface area (Å²) in [6.45, 7) is 7.99. The maximum Gasteiger partial charge on any atom is 0.338 e. The Morgan fingerprint density at radius 3 is 2.24 bits per heavy atom. The highest BCUT2D eigenvalue weighted by atomic mass is 16.6. The third kappa shape index (κ3) is 6.87. The predicted octanol–water partition coefficient (Wildman–Crippen LogP) is 4.18. The molecule has 2 heterocycles. The van der Waals surface area contributed by atoms with Gasteiger partial charge in [-0.15, -0.1) is 0 Å². The molecule has 0 aromatic heterocycles. The van der Waals surface area contributed by atoms with Gasteiger partial charge in [0, 0.05) is 57.4 Å². The molecule has 1 amide bonds. The van der Waals surface area contributed by atoms with Gasteiger partial charge in [-0.25, -0.2) is 4.79 Å². The molecule has 3 aromatic carbocycles. The Bertz CT molecular complexity index is 1420. The highest BCUT2D eigenvalue weighted by molar-refractivity contribution is 6.07. The van der Waals surface area contributed by atoms with Crippen molar-refractivity contribution in [1.29, 1.82) is 0 Å². The number of nitro groups is 1. The van der Waals surface area contributed by atoms with Crippen molar-refractivity contribution in [3.63, 3.8) is 0 Å². The van der Waals surface area contributed by atoms with Gasteiger partial charge in [0.1, 0.15) is 5.69 Å². The quantitative estimate of drug-likeness (QED) is 0.229. The molecule has 3 aromatic rings. The number of morpholine rings is 1. The number of esters is 1. The van der Waals surface area contributed by atoms with E-state index in [0.29, 0.717) is 43.2 Å². The molecule has 1 N–H and O–H groups in total. The van der Waals surface area contributed by atoms with Crippen LogP contribution in [0.5, 0.6) is 0 Å². The number of piperazine rings is 1. The lowest BCUT2D eigenvalue weighted by Gasteiger charge is -2.37. The summed E-state index contributed by atoms with van der Waals surface area (Å²) in [4.78, 5) is 43.9. The largest absolute Gasteiger partial charge is 0.462 e. The van der Waals surface area contributed by atoms with E-state index in [-0.39, 0.29) is 17.9 Å². The van der Waals surface area contributed by atoms with Crippen molar-refractivity contribution >= 4 is 34.6 Å². The normalized spacial score (nSPS) is 15.7. The predicted molar refractivity (Wildman–Crippen MR) is 160 cm³/mol. The number of nitro benzene ring substituents is 1. The molecular weight excluding hydrogens is 538 g/mol. The number of amides is 1. The number of nitrogens with one attached hydrogen (secondary N) is 1. The fourth-order valence-corrected chi connectivity index (χ4v) is 5.32. The minimum absolute atomic E-state index is 0.139. The molecule has 0 atom stereocenters. The van der Waals surface area contributed by atoms with Crippen LogP contribution in [0.25, 0.3) is 0 Å². The van der Waals surface area contributed by atoms with E-state index in [9.17, 15) is 19.7 Å². The molecule has 2 fully saturated rings. The van der Waals surface area contributed by atoms with Gasteiger partial charge >= 0.3 is 5.97 Å². The van der Waals surface area contributed by atoms with E-state index in [4.69, 9.17) is 9.47 Å². The Kier molecular flexibility index (Phi) is 9.30. The van der Waals surface area contributed by atoms with Crippen molar-refractivity contribution in [2.75, 3.05) is 74.2 Å². The summed E-state index contributed by atoms with van der Waals surface area (Å²) in [7, 11) is 0. The van der Waals surface area contributed by atoms with Crippen LogP contribution in [-0.2, 0) is 16.0 Å². The number of hydrogen-bond donors (Lipinski definition) is 1. The summed E-state index contributed by atoms with van der Waals surface area (Å²) in [6, 6.07) is 19.9. The minimum atomic E-state index is -0.503. The van der Waals surface area contributed by atoms with Crippen LogP contribution >= 0.6 is 0 Å². The maximum absolute atomic E-state index is 13.5. The molecule has 0 saturated carbocycles. The number of carbonyl (C=O) groups is 2. The van der Waals surface area contributed by atoms with Crippen LogP contribution in [0.4, 0.5) is 22.7 Å². The summed E-state index contributed by atoms with van der Waals surface area (Å²) in [5, 5.41) is 14.9. The lowest BCUT2D eigenvalue weighted by Crippen LogP contribution is -2.46. The number of rotatable bonds is 9. The Morgan fingerprint density at radius 2 is 1.55 bits per heavy atom. The van der Waals surface area contributed by atoms with E-state index >= 15 is 0 Å². The first-order valence-corrected chi connectivity index (χ1v) is 14.2. The highest BCUT2D eigenvalue weighted by Crippen LogP contribution is 2.32. The average Bonchev–Trinajstić information content (AvgIpc) is 3.02. The van der Waals surface area contributed by atoms with Crippen LogP contribution in [0.1, 0.15) is 33.2 Å². The Morgan fingerprint density at radius 1 is 0.881 bits per heavy atom. The van der Waals surface area contributed by atoms with Crippen LogP contribution < -0.4 is 15.1 Å². The Labute approximate surface area is 244 Å². The van der Waals surface area contributed by atoms with Crippen molar-refractivity contribution in [2.24, 2.45) is 0 Å². The minimum Gasteiger partial charge on any atom is -0.462 e. The summed E-state index contributed by atoms with van der Waals surface area (Å²) >= 11 is 0. The summed E-state index contributed by atoms with van der Waals surface area (Å²) in [5.74, 6) is -0.991. The van der Waals surface area contributed by atoms with Gasteiger partial charge in [0.2, 0.25) is 0 Å². The lowest BCUT2D eigenvalue weighted by molar-refractivity contribution is -0.384. The molecule has 2 aliphatic heterocycles. The van der Waals surface area contributed by atoms with E-state index in [2.05, 4.69) is 27.2 Å². The number of anilines is 3. The standard InChI is InChI=1S/C31H35N5O6/c1-2-42-31(38)25-9-10-27(34-14-12-33(13-15-34)22-23-6-4-3-5-7-23)26(20-25)32-30(37)24-8-11-28(29(21-24)36(39)40)35-16-18-41-19-17-35/h3-11,20-21H,2,12-19,22H2,1H3,(H,32,37). The molecule has 42 heavy (non-hydrogen) atoms. The Hall–Kier alpha value is -4.48. The van der Waals surface area contributed by atoms with Gasteiger partial charge in [0.15, 0.2) is 0 Å². The van der Waals surface area contributed by atoms with Gasteiger partial charge in [0.05, 0.1) is 41.7 Å². The van der Waals surface area contributed by atoms with Gasteiger partial charge < -0.3 is 24.6 Å². The maximum atomic E-state index is 13.5. The molecule has 220 valence electrons. The first-order valence-electron chi connectivity index (χ1n) is 14.2. The van der Waals surface area contributed by atoms with Crippen LogP contribution in [0.2, 0.25) is 0 Å². The van der Waals surface area contributed by atoms with Crippen LogP contribution in [0.15, 0.2) is 66.7 Å². The summed E-state index contributed by atoms with van der Waals surface area (Å²) in [5.41, 5.74) is 3.26. The van der Waals surface area contributed by atoms with Crippen molar-refractivity contribution in [2.45, 2.75) is 13.5 Å². The van der Waals surface area contributed by atoms with E-state index in [0.717, 1.165) is 38.4 Å². The smallest absolute Gasteiger partial charge is 0.338 e. The van der Waals surface area contributed by atoms with Crippen LogP contribution in [-0.4, -0.2) is 80.8 Å². The molecule has 0 aliphatic carbocycles. The third-order valence-electron chi connectivity index (χ3n) is 7.50. The zero-order valence-electron chi connectivity index (χ0n) is 23.7. The topological polar surface area (TPSA) is 117 Å². The zero-order chi connectivity index (χ0) is 29.5. The molecule has 2 aliphatic rings. The SMILES string of the molecule is CCOC(=O)c1ccc(N2CCN(Cc3ccccc3)CC2)c(NC(=O)c2ccc(N3CCOCC3)c([N+](=O)[O-])c2)c1. The lowest BCUT2D eigenvalue weighted by atomic mass is 10.1. The third-order valence-corrected chi connectivity index (χ3v) is 7.50. The number of carbonyl (C=O) groups excluding carboxylic acids is 2. The van der Waals surface area contributed by atoms with E-state index in [1.807, 2.05) is 29.2 Å². The van der Waals surface area contributed by atoms with Gasteiger partial charge in [-0.1, -0.05) is 30.3 Å². The molecule has 0 spiro atoms. The fourth-order valence-electron chi connectivity index (χ4n) is 5.32. The van der Waals surface area contributed by atoms with Crippen molar-refractivity contribution < 1.29 is 24.0 Å². The second kappa shape index (κ2) is 13.5. The summed E-state index contributed by atoms with van der Waals surface area (Å²) < 4.78 is 10.6. The fraction of sp³-hybridized carbons (Fsp3) is 0.355. The first-order chi connectivity index (χ1) is 20.4. The molecule has 11 nitrogen and oxygen atoms in total. The second-order valence-corrected chi connectivity index (χ2v) is 10.2. The molecule has 0 radical (unpaired) electrons. The van der Waals surface area contributed by atoms with Crippen molar-refractivity contribution in [3.05, 3.63) is 93.5 Å². The molecule has 0 bridgehead atoms. The second-order valence-electron chi connectivity index (χ2n) is 10.2. The van der Waals surface area contributed by atoms with E-state index in [1.165, 1.54) is 11.6 Å². The molecule has 5 rings (SSSR count). The highest BCUT2D eigenvalue weighted by Gasteiger charge is 2.25. The van der Waals surface area contributed by atoms with Gasteiger partial charge in [-0.2, -0.15) is 0 Å². The first kappa shape index (κ1) is 29.0. The van der Waals surface area contributed by atoms with Crippen LogP contribution in [0.3, 0.4) is 0 Å². The van der Waals surface area contributed by atoms with Crippen LogP contribution in [0, 0.1) is 10.1 Å². The monoisotopic (exact) mass is 573 g/mol. The molecular formula is C31H35N5O6.